The Labute approximate surface area is 105 Å². The van der Waals surface area contributed by atoms with Crippen LogP contribution in [-0.4, -0.2) is 24.5 Å². The molecular weight excluding hydrogens is 242 g/mol. The van der Waals surface area contributed by atoms with Crippen molar-refractivity contribution in [1.29, 1.82) is 0 Å². The number of benzene rings is 1. The lowest BCUT2D eigenvalue weighted by molar-refractivity contribution is 0.136. The van der Waals surface area contributed by atoms with Crippen molar-refractivity contribution in [3.05, 3.63) is 22.7 Å². The number of aliphatic hydroxyl groups excluding tert-OH is 1. The van der Waals surface area contributed by atoms with E-state index in [2.05, 4.69) is 5.32 Å². The van der Waals surface area contributed by atoms with Crippen molar-refractivity contribution < 1.29 is 14.6 Å². The zero-order valence-electron chi connectivity index (χ0n) is 9.87. The van der Waals surface area contributed by atoms with Crippen molar-refractivity contribution in [3.63, 3.8) is 0 Å². The first kappa shape index (κ1) is 12.5. The molecule has 1 aliphatic heterocycles. The first-order chi connectivity index (χ1) is 8.13. The van der Waals surface area contributed by atoms with Gasteiger partial charge in [-0.05, 0) is 31.2 Å². The fourth-order valence-corrected chi connectivity index (χ4v) is 2.15. The molecule has 1 aromatic carbocycles. The summed E-state index contributed by atoms with van der Waals surface area (Å²) in [6, 6.07) is 3.44. The quantitative estimate of drug-likeness (QED) is 0.867. The van der Waals surface area contributed by atoms with E-state index in [1.165, 1.54) is 0 Å². The Morgan fingerprint density at radius 3 is 2.94 bits per heavy atom. The molecule has 2 N–H and O–H groups in total. The van der Waals surface area contributed by atoms with Gasteiger partial charge in [0.25, 0.3) is 0 Å². The molecule has 0 saturated heterocycles. The lowest BCUT2D eigenvalue weighted by Crippen LogP contribution is -2.31. The number of ether oxygens (including phenoxy) is 2. The van der Waals surface area contributed by atoms with E-state index in [1.807, 2.05) is 13.8 Å². The lowest BCUT2D eigenvalue weighted by atomic mass is 10.0. The van der Waals surface area contributed by atoms with Gasteiger partial charge in [0.2, 0.25) is 6.79 Å². The van der Waals surface area contributed by atoms with Gasteiger partial charge in [-0.3, -0.25) is 0 Å². The highest BCUT2D eigenvalue weighted by Gasteiger charge is 2.23. The summed E-state index contributed by atoms with van der Waals surface area (Å²) in [5.41, 5.74) is 0.729. The van der Waals surface area contributed by atoms with E-state index in [-0.39, 0.29) is 12.8 Å². The summed E-state index contributed by atoms with van der Waals surface area (Å²) in [4.78, 5) is 0. The SMILES string of the molecule is CCNC(C)C(O)c1cc(Cl)c2c(c1)OCO2. The molecule has 1 aliphatic rings. The molecule has 5 heteroatoms. The number of nitrogens with one attached hydrogen (secondary N) is 1. The monoisotopic (exact) mass is 257 g/mol. The maximum absolute atomic E-state index is 10.2. The number of hydrogen-bond donors (Lipinski definition) is 2. The molecule has 1 heterocycles. The smallest absolute Gasteiger partial charge is 0.231 e. The number of halogens is 1. The molecule has 0 amide bonds. The van der Waals surface area contributed by atoms with Crippen molar-refractivity contribution in [2.45, 2.75) is 26.0 Å². The fourth-order valence-electron chi connectivity index (χ4n) is 1.88. The van der Waals surface area contributed by atoms with Crippen molar-refractivity contribution in [1.82, 2.24) is 5.32 Å². The summed E-state index contributed by atoms with van der Waals surface area (Å²) >= 11 is 6.06. The predicted octanol–water partition coefficient (Wildman–Crippen LogP) is 2.10. The second kappa shape index (κ2) is 5.12. The Bertz CT molecular complexity index is 411. The first-order valence-corrected chi connectivity index (χ1v) is 6.01. The van der Waals surface area contributed by atoms with Gasteiger partial charge >= 0.3 is 0 Å². The average molecular weight is 258 g/mol. The van der Waals surface area contributed by atoms with Gasteiger partial charge < -0.3 is 19.9 Å². The number of hydrogen-bond acceptors (Lipinski definition) is 4. The first-order valence-electron chi connectivity index (χ1n) is 5.64. The highest BCUT2D eigenvalue weighted by Crippen LogP contribution is 2.41. The van der Waals surface area contributed by atoms with Crippen molar-refractivity contribution in [2.75, 3.05) is 13.3 Å². The molecule has 4 nitrogen and oxygen atoms in total. The Kier molecular flexibility index (Phi) is 3.76. The van der Waals surface area contributed by atoms with E-state index in [1.54, 1.807) is 12.1 Å². The molecule has 94 valence electrons. The largest absolute Gasteiger partial charge is 0.454 e. The summed E-state index contributed by atoms with van der Waals surface area (Å²) in [5, 5.41) is 13.8. The highest BCUT2D eigenvalue weighted by molar-refractivity contribution is 6.32. The number of aliphatic hydroxyl groups is 1. The summed E-state index contributed by atoms with van der Waals surface area (Å²) in [6.45, 7) is 4.90. The standard InChI is InChI=1S/C12H16ClNO3/c1-3-14-7(2)11(15)8-4-9(13)12-10(5-8)16-6-17-12/h4-5,7,11,14-15H,3,6H2,1-2H3. The third-order valence-electron chi connectivity index (χ3n) is 2.79. The Balaban J connectivity index is 2.24. The Morgan fingerprint density at radius 2 is 2.24 bits per heavy atom. The maximum Gasteiger partial charge on any atom is 0.231 e. The van der Waals surface area contributed by atoms with Gasteiger partial charge in [0, 0.05) is 6.04 Å². The van der Waals surface area contributed by atoms with Crippen LogP contribution in [0.5, 0.6) is 11.5 Å². The summed E-state index contributed by atoms with van der Waals surface area (Å²) in [7, 11) is 0. The molecule has 2 unspecified atom stereocenters. The minimum absolute atomic E-state index is 0.0450. The molecule has 0 aliphatic carbocycles. The molecule has 1 aromatic rings. The van der Waals surface area contributed by atoms with Gasteiger partial charge in [-0.15, -0.1) is 0 Å². The topological polar surface area (TPSA) is 50.7 Å². The van der Waals surface area contributed by atoms with E-state index >= 15 is 0 Å². The van der Waals surface area contributed by atoms with Gasteiger partial charge in [0.15, 0.2) is 11.5 Å². The van der Waals surface area contributed by atoms with Gasteiger partial charge in [-0.1, -0.05) is 18.5 Å². The van der Waals surface area contributed by atoms with Crippen LogP contribution in [0.4, 0.5) is 0 Å². The summed E-state index contributed by atoms with van der Waals surface area (Å²) < 4.78 is 10.5. The van der Waals surface area contributed by atoms with E-state index < -0.39 is 6.10 Å². The van der Waals surface area contributed by atoms with Crippen molar-refractivity contribution in [2.24, 2.45) is 0 Å². The molecule has 0 aromatic heterocycles. The number of rotatable bonds is 4. The van der Waals surface area contributed by atoms with Crippen LogP contribution in [0.25, 0.3) is 0 Å². The second-order valence-corrected chi connectivity index (χ2v) is 4.43. The van der Waals surface area contributed by atoms with Crippen LogP contribution in [0, 0.1) is 0 Å². The molecule has 0 spiro atoms. The van der Waals surface area contributed by atoms with Crippen LogP contribution in [-0.2, 0) is 0 Å². The number of likely N-dealkylation sites (N-methyl/N-ethyl adjacent to an activating group) is 1. The van der Waals surface area contributed by atoms with Gasteiger partial charge in [-0.2, -0.15) is 0 Å². The van der Waals surface area contributed by atoms with E-state index in [4.69, 9.17) is 21.1 Å². The van der Waals surface area contributed by atoms with Crippen molar-refractivity contribution in [3.8, 4) is 11.5 Å². The Morgan fingerprint density at radius 1 is 1.47 bits per heavy atom. The molecule has 0 radical (unpaired) electrons. The normalized spacial score (nSPS) is 16.9. The maximum atomic E-state index is 10.2. The molecule has 0 bridgehead atoms. The molecule has 0 fully saturated rings. The van der Waals surface area contributed by atoms with Crippen LogP contribution < -0.4 is 14.8 Å². The highest BCUT2D eigenvalue weighted by atomic mass is 35.5. The van der Waals surface area contributed by atoms with Crippen LogP contribution in [0.2, 0.25) is 5.02 Å². The third kappa shape index (κ3) is 2.49. The minimum atomic E-state index is -0.623. The molecular formula is C12H16ClNO3. The van der Waals surface area contributed by atoms with Crippen LogP contribution >= 0.6 is 11.6 Å². The minimum Gasteiger partial charge on any atom is -0.454 e. The van der Waals surface area contributed by atoms with E-state index in [0.29, 0.717) is 16.5 Å². The van der Waals surface area contributed by atoms with Crippen LogP contribution in [0.15, 0.2) is 12.1 Å². The fraction of sp³-hybridized carbons (Fsp3) is 0.500. The molecule has 2 rings (SSSR count). The summed E-state index contributed by atoms with van der Waals surface area (Å²) in [6.07, 6.45) is -0.623. The Hall–Kier alpha value is -0.970. The molecule has 0 saturated carbocycles. The molecule has 2 atom stereocenters. The molecule has 17 heavy (non-hydrogen) atoms. The van der Waals surface area contributed by atoms with Gasteiger partial charge in [0.1, 0.15) is 0 Å². The zero-order valence-corrected chi connectivity index (χ0v) is 10.6. The lowest BCUT2D eigenvalue weighted by Gasteiger charge is -2.20. The third-order valence-corrected chi connectivity index (χ3v) is 3.07. The summed E-state index contributed by atoms with van der Waals surface area (Å²) in [5.74, 6) is 1.15. The van der Waals surface area contributed by atoms with Gasteiger partial charge in [-0.25, -0.2) is 0 Å². The second-order valence-electron chi connectivity index (χ2n) is 4.03. The van der Waals surface area contributed by atoms with Crippen LogP contribution in [0.3, 0.4) is 0 Å². The predicted molar refractivity (Wildman–Crippen MR) is 65.7 cm³/mol. The zero-order chi connectivity index (χ0) is 12.4. The average Bonchev–Trinajstić information content (AvgIpc) is 2.77. The number of fused-ring (bicyclic) bond motifs is 1. The van der Waals surface area contributed by atoms with E-state index in [0.717, 1.165) is 12.1 Å². The van der Waals surface area contributed by atoms with Crippen LogP contribution in [0.1, 0.15) is 25.5 Å². The van der Waals surface area contributed by atoms with E-state index in [9.17, 15) is 5.11 Å². The van der Waals surface area contributed by atoms with Crippen molar-refractivity contribution >= 4 is 11.6 Å². The van der Waals surface area contributed by atoms with Gasteiger partial charge in [0.05, 0.1) is 11.1 Å².